The number of thiazole rings is 1. The minimum Gasteiger partial charge on any atom is -0.306 e. The maximum absolute atomic E-state index is 13.2. The van der Waals surface area contributed by atoms with Gasteiger partial charge in [-0.2, -0.15) is 5.10 Å². The van der Waals surface area contributed by atoms with Gasteiger partial charge in [0.1, 0.15) is 21.5 Å². The van der Waals surface area contributed by atoms with Crippen LogP contribution in [0.5, 0.6) is 0 Å². The Hall–Kier alpha value is -2.84. The van der Waals surface area contributed by atoms with E-state index >= 15 is 0 Å². The van der Waals surface area contributed by atoms with E-state index in [-0.39, 0.29) is 11.7 Å². The Morgan fingerprint density at radius 2 is 2.00 bits per heavy atom. The number of nitrogens with one attached hydrogen (secondary N) is 1. The molecule has 146 valence electrons. The number of hydrogen-bond donors (Lipinski definition) is 1. The van der Waals surface area contributed by atoms with Gasteiger partial charge in [-0.1, -0.05) is 28.1 Å². The van der Waals surface area contributed by atoms with Crippen molar-refractivity contribution >= 4 is 39.0 Å². The summed E-state index contributed by atoms with van der Waals surface area (Å²) in [7, 11) is 0. The summed E-state index contributed by atoms with van der Waals surface area (Å²) in [4.78, 5) is 17.8. The van der Waals surface area contributed by atoms with Gasteiger partial charge >= 0.3 is 0 Å². The van der Waals surface area contributed by atoms with Crippen LogP contribution in [0, 0.1) is 12.7 Å². The molecule has 0 saturated heterocycles. The van der Waals surface area contributed by atoms with Crippen molar-refractivity contribution < 1.29 is 9.18 Å². The van der Waals surface area contributed by atoms with Crippen LogP contribution in [0.15, 0.2) is 65.3 Å². The Balaban J connectivity index is 1.53. The maximum atomic E-state index is 13.2. The molecule has 4 rings (SSSR count). The molecule has 4 aromatic rings. The number of carbonyl (C=O) groups excluding carboxylic acids is 1. The Labute approximate surface area is 179 Å². The van der Waals surface area contributed by atoms with Crippen LogP contribution in [0.4, 0.5) is 10.2 Å². The molecule has 5 nitrogen and oxygen atoms in total. The largest absolute Gasteiger partial charge is 0.306 e. The van der Waals surface area contributed by atoms with Gasteiger partial charge in [0.15, 0.2) is 0 Å². The Bertz CT molecular complexity index is 1170. The number of anilines is 1. The fraction of sp³-hybridized carbons (Fsp3) is 0.0952. The number of amides is 1. The van der Waals surface area contributed by atoms with Crippen LogP contribution in [0.25, 0.3) is 10.6 Å². The quantitative estimate of drug-likeness (QED) is 0.417. The molecule has 0 bridgehead atoms. The van der Waals surface area contributed by atoms with Gasteiger partial charge < -0.3 is 5.32 Å². The van der Waals surface area contributed by atoms with Crippen molar-refractivity contribution in [2.24, 2.45) is 0 Å². The topological polar surface area (TPSA) is 59.8 Å². The lowest BCUT2D eigenvalue weighted by Gasteiger charge is -2.09. The molecule has 0 aliphatic heterocycles. The minimum absolute atomic E-state index is 0.246. The van der Waals surface area contributed by atoms with Gasteiger partial charge in [-0.15, -0.1) is 11.3 Å². The van der Waals surface area contributed by atoms with Crippen molar-refractivity contribution in [1.82, 2.24) is 14.8 Å². The van der Waals surface area contributed by atoms with Gasteiger partial charge in [-0.25, -0.2) is 14.1 Å². The second-order valence-electron chi connectivity index (χ2n) is 6.40. The molecule has 1 amide bonds. The van der Waals surface area contributed by atoms with Gasteiger partial charge in [0, 0.05) is 16.1 Å². The molecule has 0 atom stereocenters. The summed E-state index contributed by atoms with van der Waals surface area (Å²) in [5.41, 5.74) is 2.47. The first-order chi connectivity index (χ1) is 14.0. The van der Waals surface area contributed by atoms with E-state index in [0.717, 1.165) is 15.6 Å². The number of aryl methyl sites for hydroxylation is 1. The van der Waals surface area contributed by atoms with E-state index in [4.69, 9.17) is 0 Å². The fourth-order valence-corrected chi connectivity index (χ4v) is 4.28. The third kappa shape index (κ3) is 4.44. The average molecular weight is 471 g/mol. The number of benzene rings is 2. The lowest BCUT2D eigenvalue weighted by atomic mass is 10.2. The van der Waals surface area contributed by atoms with Gasteiger partial charge in [0.25, 0.3) is 5.91 Å². The predicted octanol–water partition coefficient (Wildman–Crippen LogP) is 5.52. The van der Waals surface area contributed by atoms with Gasteiger partial charge in [0.2, 0.25) is 0 Å². The molecule has 0 aliphatic carbocycles. The summed E-state index contributed by atoms with van der Waals surface area (Å²) in [6.07, 6.45) is 1.65. The van der Waals surface area contributed by atoms with E-state index in [1.165, 1.54) is 23.5 Å². The van der Waals surface area contributed by atoms with E-state index in [1.807, 2.05) is 24.3 Å². The zero-order valence-corrected chi connectivity index (χ0v) is 17.8. The molecule has 0 spiro atoms. The highest BCUT2D eigenvalue weighted by atomic mass is 79.9. The van der Waals surface area contributed by atoms with Gasteiger partial charge in [-0.3, -0.25) is 4.79 Å². The highest BCUT2D eigenvalue weighted by Crippen LogP contribution is 2.28. The van der Waals surface area contributed by atoms with Crippen LogP contribution >= 0.6 is 27.3 Å². The van der Waals surface area contributed by atoms with Gasteiger partial charge in [-0.05, 0) is 48.9 Å². The summed E-state index contributed by atoms with van der Waals surface area (Å²) in [6.45, 7) is 2.32. The number of carbonyl (C=O) groups is 1. The summed E-state index contributed by atoms with van der Waals surface area (Å²) in [5, 5.41) is 7.90. The molecule has 0 unspecified atom stereocenters. The molecule has 29 heavy (non-hydrogen) atoms. The molecule has 0 radical (unpaired) electrons. The Kier molecular flexibility index (Phi) is 5.55. The SMILES string of the molecule is Cc1nc(-c2ccc(F)cc2)sc1C(=O)Nc1ccnn1Cc1cccc(Br)c1. The van der Waals surface area contributed by atoms with E-state index < -0.39 is 0 Å². The maximum Gasteiger partial charge on any atom is 0.268 e. The number of aromatic nitrogens is 3. The van der Waals surface area contributed by atoms with Crippen LogP contribution in [0.2, 0.25) is 0 Å². The van der Waals surface area contributed by atoms with Crippen molar-refractivity contribution in [3.05, 3.63) is 87.2 Å². The highest BCUT2D eigenvalue weighted by molar-refractivity contribution is 9.10. The predicted molar refractivity (Wildman–Crippen MR) is 116 cm³/mol. The lowest BCUT2D eigenvalue weighted by molar-refractivity contribution is 0.102. The van der Waals surface area contributed by atoms with E-state index in [2.05, 4.69) is 31.3 Å². The van der Waals surface area contributed by atoms with E-state index in [1.54, 1.807) is 36.0 Å². The summed E-state index contributed by atoms with van der Waals surface area (Å²) >= 11 is 4.74. The van der Waals surface area contributed by atoms with Crippen LogP contribution in [-0.4, -0.2) is 20.7 Å². The van der Waals surface area contributed by atoms with Crippen molar-refractivity contribution in [3.8, 4) is 10.6 Å². The zero-order chi connectivity index (χ0) is 20.4. The van der Waals surface area contributed by atoms with Crippen molar-refractivity contribution in [2.45, 2.75) is 13.5 Å². The lowest BCUT2D eigenvalue weighted by Crippen LogP contribution is -2.16. The second kappa shape index (κ2) is 8.26. The van der Waals surface area contributed by atoms with E-state index in [9.17, 15) is 9.18 Å². The third-order valence-electron chi connectivity index (χ3n) is 4.27. The summed E-state index contributed by atoms with van der Waals surface area (Å²) in [6, 6.07) is 15.8. The number of rotatable bonds is 5. The Morgan fingerprint density at radius 3 is 2.76 bits per heavy atom. The molecule has 0 fully saturated rings. The van der Waals surface area contributed by atoms with Crippen LogP contribution < -0.4 is 5.32 Å². The molecule has 2 aromatic carbocycles. The molecule has 8 heteroatoms. The monoisotopic (exact) mass is 470 g/mol. The zero-order valence-electron chi connectivity index (χ0n) is 15.4. The van der Waals surface area contributed by atoms with Crippen LogP contribution in [0.1, 0.15) is 20.9 Å². The molecule has 2 heterocycles. The standard InChI is InChI=1S/C21H16BrFN4OS/c1-13-19(29-21(25-13)15-5-7-17(23)8-6-15)20(28)26-18-9-10-24-27(18)12-14-3-2-4-16(22)11-14/h2-11H,12H2,1H3,(H,26,28). The normalized spacial score (nSPS) is 10.9. The smallest absolute Gasteiger partial charge is 0.268 e. The number of hydrogen-bond acceptors (Lipinski definition) is 4. The van der Waals surface area contributed by atoms with E-state index in [0.29, 0.717) is 27.9 Å². The molecule has 0 saturated carbocycles. The second-order valence-corrected chi connectivity index (χ2v) is 8.31. The summed E-state index contributed by atoms with van der Waals surface area (Å²) < 4.78 is 15.9. The first kappa shape index (κ1) is 19.5. The molecular formula is C21H16BrFN4OS. The molecule has 0 aliphatic rings. The fourth-order valence-electron chi connectivity index (χ4n) is 2.87. The highest BCUT2D eigenvalue weighted by Gasteiger charge is 2.18. The minimum atomic E-state index is -0.307. The number of halogens is 2. The van der Waals surface area contributed by atoms with Crippen LogP contribution in [0.3, 0.4) is 0 Å². The van der Waals surface area contributed by atoms with Gasteiger partial charge in [0.05, 0.1) is 18.4 Å². The van der Waals surface area contributed by atoms with Crippen molar-refractivity contribution in [2.75, 3.05) is 5.32 Å². The molecule has 1 N–H and O–H groups in total. The van der Waals surface area contributed by atoms with Crippen molar-refractivity contribution in [3.63, 3.8) is 0 Å². The van der Waals surface area contributed by atoms with Crippen molar-refractivity contribution in [1.29, 1.82) is 0 Å². The Morgan fingerprint density at radius 1 is 1.21 bits per heavy atom. The number of nitrogens with zero attached hydrogens (tertiary/aromatic N) is 3. The van der Waals surface area contributed by atoms with Crippen LogP contribution in [-0.2, 0) is 6.54 Å². The molecular weight excluding hydrogens is 455 g/mol. The summed E-state index contributed by atoms with van der Waals surface area (Å²) in [5.74, 6) is 0.0502. The molecule has 2 aromatic heterocycles. The third-order valence-corrected chi connectivity index (χ3v) is 5.97. The average Bonchev–Trinajstić information content (AvgIpc) is 3.29. The first-order valence-corrected chi connectivity index (χ1v) is 10.4. The first-order valence-electron chi connectivity index (χ1n) is 8.80.